The highest BCUT2D eigenvalue weighted by Crippen LogP contribution is 2.40. The van der Waals surface area contributed by atoms with Crippen LogP contribution >= 0.6 is 11.3 Å². The molecule has 3 heterocycles. The number of aromatic amines is 1. The van der Waals surface area contributed by atoms with Crippen molar-refractivity contribution >= 4 is 38.4 Å². The summed E-state index contributed by atoms with van der Waals surface area (Å²) in [6.45, 7) is 0. The molecule has 26 heavy (non-hydrogen) atoms. The third-order valence-corrected chi connectivity index (χ3v) is 5.83. The van der Waals surface area contributed by atoms with E-state index in [1.165, 1.54) is 31.7 Å². The van der Waals surface area contributed by atoms with E-state index >= 15 is 0 Å². The maximum atomic E-state index is 14.4. The summed E-state index contributed by atoms with van der Waals surface area (Å²) in [5, 5.41) is 8.45. The number of aromatic nitrogens is 5. The smallest absolute Gasteiger partial charge is 0.187 e. The zero-order valence-corrected chi connectivity index (χ0v) is 14.4. The third-order valence-electron chi connectivity index (χ3n) is 4.65. The minimum absolute atomic E-state index is 0.286. The second kappa shape index (κ2) is 5.75. The maximum absolute atomic E-state index is 14.4. The van der Waals surface area contributed by atoms with Crippen LogP contribution in [0.3, 0.4) is 0 Å². The molecule has 128 valence electrons. The minimum Gasteiger partial charge on any atom is -0.383 e. The van der Waals surface area contributed by atoms with Crippen molar-refractivity contribution < 1.29 is 4.39 Å². The van der Waals surface area contributed by atoms with Gasteiger partial charge in [0, 0.05) is 5.92 Å². The summed E-state index contributed by atoms with van der Waals surface area (Å²) in [5.74, 6) is 6.20. The Morgan fingerprint density at radius 2 is 2.12 bits per heavy atom. The van der Waals surface area contributed by atoms with Crippen LogP contribution in [0.5, 0.6) is 0 Å². The quantitative estimate of drug-likeness (QED) is 0.505. The van der Waals surface area contributed by atoms with Crippen molar-refractivity contribution in [1.29, 1.82) is 0 Å². The number of nitrogens with zero attached hydrogens (tertiary/aromatic N) is 4. The molecule has 5 rings (SSSR count). The fourth-order valence-electron chi connectivity index (χ4n) is 2.99. The summed E-state index contributed by atoms with van der Waals surface area (Å²) in [6, 6.07) is 3.22. The number of nitrogens with two attached hydrogens (primary N) is 1. The van der Waals surface area contributed by atoms with Crippen molar-refractivity contribution in [3.63, 3.8) is 0 Å². The van der Waals surface area contributed by atoms with E-state index in [0.717, 1.165) is 15.2 Å². The minimum atomic E-state index is -0.359. The molecule has 1 aromatic carbocycles. The van der Waals surface area contributed by atoms with Gasteiger partial charge < -0.3 is 5.73 Å². The van der Waals surface area contributed by atoms with Crippen molar-refractivity contribution in [2.75, 3.05) is 5.73 Å². The average molecular weight is 364 g/mol. The lowest BCUT2D eigenvalue weighted by atomic mass is 9.86. The Labute approximate surface area is 151 Å². The summed E-state index contributed by atoms with van der Waals surface area (Å²) in [6.07, 6.45) is 4.93. The van der Waals surface area contributed by atoms with Gasteiger partial charge in [-0.2, -0.15) is 5.10 Å². The molecular weight excluding hydrogens is 351 g/mol. The van der Waals surface area contributed by atoms with Crippen LogP contribution in [-0.2, 0) is 0 Å². The van der Waals surface area contributed by atoms with Crippen LogP contribution in [-0.4, -0.2) is 25.1 Å². The van der Waals surface area contributed by atoms with E-state index in [4.69, 9.17) is 5.73 Å². The van der Waals surface area contributed by atoms with Gasteiger partial charge in [0.25, 0.3) is 0 Å². The molecule has 3 N–H and O–H groups in total. The van der Waals surface area contributed by atoms with E-state index in [1.54, 1.807) is 17.4 Å². The molecule has 1 aliphatic carbocycles. The Kier molecular flexibility index (Phi) is 3.36. The summed E-state index contributed by atoms with van der Waals surface area (Å²) >= 11 is 1.58. The van der Waals surface area contributed by atoms with Gasteiger partial charge in [-0.15, -0.1) is 11.3 Å². The van der Waals surface area contributed by atoms with Gasteiger partial charge in [0.2, 0.25) is 0 Å². The van der Waals surface area contributed by atoms with Crippen molar-refractivity contribution in [3.05, 3.63) is 40.5 Å². The van der Waals surface area contributed by atoms with Crippen LogP contribution < -0.4 is 5.73 Å². The fourth-order valence-corrected chi connectivity index (χ4v) is 4.13. The Hall–Kier alpha value is -3.05. The maximum Gasteiger partial charge on any atom is 0.187 e. The van der Waals surface area contributed by atoms with Gasteiger partial charge in [0.05, 0.1) is 26.2 Å². The van der Waals surface area contributed by atoms with E-state index in [1.807, 2.05) is 0 Å². The second-order valence-electron chi connectivity index (χ2n) is 6.29. The average Bonchev–Trinajstić information content (AvgIpc) is 3.15. The van der Waals surface area contributed by atoms with Crippen LogP contribution in [0.2, 0.25) is 0 Å². The highest BCUT2D eigenvalue weighted by molar-refractivity contribution is 7.18. The number of thiazole rings is 1. The van der Waals surface area contributed by atoms with E-state index in [-0.39, 0.29) is 11.6 Å². The number of nitrogen functional groups attached to an aromatic ring is 1. The fraction of sp³-hybridized carbons (Fsp3) is 0.222. The Bertz CT molecular complexity index is 1210. The number of rotatable bonds is 1. The van der Waals surface area contributed by atoms with E-state index < -0.39 is 0 Å². The molecule has 1 saturated carbocycles. The SMILES string of the molecule is Nc1ncnc2n[nH]c(C#Cc3cc4nc(C5CCC5)sc4cc3F)c12. The highest BCUT2D eigenvalue weighted by atomic mass is 32.1. The van der Waals surface area contributed by atoms with E-state index in [2.05, 4.69) is 37.0 Å². The highest BCUT2D eigenvalue weighted by Gasteiger charge is 2.23. The number of anilines is 1. The molecule has 1 aliphatic rings. The first-order valence-corrected chi connectivity index (χ1v) is 9.07. The summed E-state index contributed by atoms with van der Waals surface area (Å²) in [7, 11) is 0. The zero-order valence-electron chi connectivity index (χ0n) is 13.6. The van der Waals surface area contributed by atoms with Gasteiger partial charge in [-0.05, 0) is 30.9 Å². The van der Waals surface area contributed by atoms with Gasteiger partial charge >= 0.3 is 0 Å². The largest absolute Gasteiger partial charge is 0.383 e. The predicted octanol–water partition coefficient (Wildman–Crippen LogP) is 3.35. The van der Waals surface area contributed by atoms with Crippen LogP contribution in [0.25, 0.3) is 21.3 Å². The van der Waals surface area contributed by atoms with E-state index in [0.29, 0.717) is 28.2 Å². The number of hydrogen-bond donors (Lipinski definition) is 2. The van der Waals surface area contributed by atoms with Gasteiger partial charge in [0.15, 0.2) is 5.65 Å². The topological polar surface area (TPSA) is 93.4 Å². The Morgan fingerprint density at radius 3 is 2.92 bits per heavy atom. The monoisotopic (exact) mass is 364 g/mol. The lowest BCUT2D eigenvalue weighted by molar-refractivity contribution is 0.419. The van der Waals surface area contributed by atoms with Crippen molar-refractivity contribution in [1.82, 2.24) is 25.1 Å². The molecule has 0 aliphatic heterocycles. The molecule has 8 heteroatoms. The van der Waals surface area contributed by atoms with Gasteiger partial charge in [-0.3, -0.25) is 5.10 Å². The molecule has 0 saturated heterocycles. The summed E-state index contributed by atoms with van der Waals surface area (Å²) in [4.78, 5) is 12.6. The number of fused-ring (bicyclic) bond motifs is 2. The molecule has 0 amide bonds. The van der Waals surface area contributed by atoms with Crippen molar-refractivity contribution in [2.45, 2.75) is 25.2 Å². The molecular formula is C18H13FN6S. The number of hydrogen-bond acceptors (Lipinski definition) is 6. The Morgan fingerprint density at radius 1 is 1.23 bits per heavy atom. The predicted molar refractivity (Wildman–Crippen MR) is 98.2 cm³/mol. The molecule has 0 radical (unpaired) electrons. The molecule has 3 aromatic heterocycles. The van der Waals surface area contributed by atoms with Gasteiger partial charge in [-0.1, -0.05) is 12.3 Å². The van der Waals surface area contributed by atoms with E-state index in [9.17, 15) is 4.39 Å². The van der Waals surface area contributed by atoms with Crippen LogP contribution in [0, 0.1) is 17.7 Å². The van der Waals surface area contributed by atoms with Crippen LogP contribution in [0.4, 0.5) is 10.2 Å². The third kappa shape index (κ3) is 2.40. The number of H-pyrrole nitrogens is 1. The van der Waals surface area contributed by atoms with Gasteiger partial charge in [0.1, 0.15) is 23.7 Å². The lowest BCUT2D eigenvalue weighted by Crippen LogP contribution is -2.07. The molecule has 0 spiro atoms. The molecule has 1 fully saturated rings. The first kappa shape index (κ1) is 15.2. The van der Waals surface area contributed by atoms with Gasteiger partial charge in [-0.25, -0.2) is 19.3 Å². The van der Waals surface area contributed by atoms with Crippen LogP contribution in [0.1, 0.15) is 41.4 Å². The van der Waals surface area contributed by atoms with Crippen molar-refractivity contribution in [3.8, 4) is 11.8 Å². The zero-order chi connectivity index (χ0) is 17.7. The normalized spacial score (nSPS) is 14.3. The number of nitrogens with one attached hydrogen (secondary N) is 1. The van der Waals surface area contributed by atoms with Crippen LogP contribution in [0.15, 0.2) is 18.5 Å². The lowest BCUT2D eigenvalue weighted by Gasteiger charge is -2.22. The molecule has 0 bridgehead atoms. The molecule has 6 nitrogen and oxygen atoms in total. The number of benzene rings is 1. The van der Waals surface area contributed by atoms with Crippen molar-refractivity contribution in [2.24, 2.45) is 0 Å². The number of halogens is 1. The standard InChI is InChI=1S/C18H13FN6S/c19-11-7-14-13(23-18(26-14)9-2-1-3-9)6-10(11)4-5-12-15-16(20)21-8-22-17(15)25-24-12/h6-9H,1-3H2,(H3,20,21,22,24,25). The summed E-state index contributed by atoms with van der Waals surface area (Å²) in [5.41, 5.74) is 7.84. The molecule has 0 atom stereocenters. The molecule has 0 unspecified atom stereocenters. The first-order valence-electron chi connectivity index (χ1n) is 8.25. The first-order chi connectivity index (χ1) is 12.7. The second-order valence-corrected chi connectivity index (χ2v) is 7.35. The Balaban J connectivity index is 1.57. The summed E-state index contributed by atoms with van der Waals surface area (Å²) < 4.78 is 15.3. The molecule has 4 aromatic rings.